The topological polar surface area (TPSA) is 35.2 Å². The second-order valence-electron chi connectivity index (χ2n) is 4.48. The van der Waals surface area contributed by atoms with Gasteiger partial charge in [-0.25, -0.2) is 4.39 Å². The van der Waals surface area contributed by atoms with E-state index >= 15 is 0 Å². The summed E-state index contributed by atoms with van der Waals surface area (Å²) in [5, 5.41) is 0.104. The lowest BCUT2D eigenvalue weighted by atomic mass is 10.1. The molecule has 0 aromatic heterocycles. The average molecular weight is 280 g/mol. The number of rotatable bonds is 3. The second kappa shape index (κ2) is 5.49. The number of aryl methyl sites for hydroxylation is 2. The van der Waals surface area contributed by atoms with Gasteiger partial charge in [0, 0.05) is 11.3 Å². The molecule has 2 N–H and O–H groups in total. The predicted octanol–water partition coefficient (Wildman–Crippen LogP) is 4.26. The van der Waals surface area contributed by atoms with Crippen LogP contribution < -0.4 is 10.5 Å². The van der Waals surface area contributed by atoms with Gasteiger partial charge in [0.1, 0.15) is 18.2 Å². The van der Waals surface area contributed by atoms with Crippen LogP contribution in [-0.4, -0.2) is 0 Å². The molecule has 0 aliphatic heterocycles. The third kappa shape index (κ3) is 2.99. The highest BCUT2D eigenvalue weighted by Gasteiger charge is 2.08. The zero-order valence-electron chi connectivity index (χ0n) is 10.8. The van der Waals surface area contributed by atoms with Crippen molar-refractivity contribution in [2.75, 3.05) is 5.73 Å². The molecule has 19 heavy (non-hydrogen) atoms. The molecule has 0 spiro atoms. The first-order valence-corrected chi connectivity index (χ1v) is 6.29. The van der Waals surface area contributed by atoms with Crippen LogP contribution in [0.25, 0.3) is 0 Å². The van der Waals surface area contributed by atoms with Gasteiger partial charge in [-0.2, -0.15) is 0 Å². The quantitative estimate of drug-likeness (QED) is 0.852. The molecule has 0 amide bonds. The Bertz CT molecular complexity index is 613. The number of nitrogen functional groups attached to an aromatic ring is 1. The Morgan fingerprint density at radius 3 is 2.68 bits per heavy atom. The number of hydrogen-bond acceptors (Lipinski definition) is 2. The molecule has 4 heteroatoms. The number of benzene rings is 2. The van der Waals surface area contributed by atoms with Gasteiger partial charge in [0.25, 0.3) is 0 Å². The SMILES string of the molecule is Cc1cc(OCc2cccc(F)c2Cl)c(C)cc1N. The van der Waals surface area contributed by atoms with E-state index in [0.717, 1.165) is 22.6 Å². The van der Waals surface area contributed by atoms with Crippen LogP contribution in [0.2, 0.25) is 5.02 Å². The zero-order valence-corrected chi connectivity index (χ0v) is 11.6. The summed E-state index contributed by atoms with van der Waals surface area (Å²) in [7, 11) is 0. The van der Waals surface area contributed by atoms with Crippen molar-refractivity contribution in [3.8, 4) is 5.75 Å². The summed E-state index contributed by atoms with van der Waals surface area (Å²) >= 11 is 5.88. The molecule has 2 nitrogen and oxygen atoms in total. The maximum Gasteiger partial charge on any atom is 0.142 e. The molecule has 2 aromatic rings. The summed E-state index contributed by atoms with van der Waals surface area (Å²) in [6.07, 6.45) is 0. The van der Waals surface area contributed by atoms with Crippen LogP contribution in [0.5, 0.6) is 5.75 Å². The van der Waals surface area contributed by atoms with Crippen molar-refractivity contribution >= 4 is 17.3 Å². The van der Waals surface area contributed by atoms with Crippen molar-refractivity contribution in [1.29, 1.82) is 0 Å². The maximum absolute atomic E-state index is 13.3. The normalized spacial score (nSPS) is 10.5. The van der Waals surface area contributed by atoms with Crippen LogP contribution in [0.4, 0.5) is 10.1 Å². The monoisotopic (exact) mass is 279 g/mol. The fraction of sp³-hybridized carbons (Fsp3) is 0.200. The molecule has 0 atom stereocenters. The number of ether oxygens (including phenoxy) is 1. The van der Waals surface area contributed by atoms with E-state index in [1.807, 2.05) is 26.0 Å². The molecule has 0 bridgehead atoms. The Morgan fingerprint density at radius 2 is 1.95 bits per heavy atom. The van der Waals surface area contributed by atoms with E-state index in [0.29, 0.717) is 5.56 Å². The molecule has 0 saturated carbocycles. The van der Waals surface area contributed by atoms with Gasteiger partial charge >= 0.3 is 0 Å². The van der Waals surface area contributed by atoms with Crippen LogP contribution in [0.1, 0.15) is 16.7 Å². The molecule has 2 aromatic carbocycles. The molecule has 0 aliphatic rings. The highest BCUT2D eigenvalue weighted by Crippen LogP contribution is 2.26. The van der Waals surface area contributed by atoms with Crippen LogP contribution in [0.15, 0.2) is 30.3 Å². The molecular weight excluding hydrogens is 265 g/mol. The molecule has 0 radical (unpaired) electrons. The van der Waals surface area contributed by atoms with Crippen molar-refractivity contribution in [3.63, 3.8) is 0 Å². The molecule has 100 valence electrons. The van der Waals surface area contributed by atoms with Crippen LogP contribution in [0.3, 0.4) is 0 Å². The van der Waals surface area contributed by atoms with E-state index in [1.54, 1.807) is 12.1 Å². The minimum atomic E-state index is -0.437. The first kappa shape index (κ1) is 13.7. The van der Waals surface area contributed by atoms with Gasteiger partial charge < -0.3 is 10.5 Å². The van der Waals surface area contributed by atoms with Crippen molar-refractivity contribution in [3.05, 3.63) is 57.9 Å². The van der Waals surface area contributed by atoms with Gasteiger partial charge in [-0.05, 0) is 43.2 Å². The average Bonchev–Trinajstić information content (AvgIpc) is 2.37. The lowest BCUT2D eigenvalue weighted by Crippen LogP contribution is -2.00. The Hall–Kier alpha value is -1.74. The number of nitrogens with two attached hydrogens (primary N) is 1. The summed E-state index contributed by atoms with van der Waals surface area (Å²) in [4.78, 5) is 0. The van der Waals surface area contributed by atoms with Crippen LogP contribution >= 0.6 is 11.6 Å². The van der Waals surface area contributed by atoms with Crippen LogP contribution in [0, 0.1) is 19.7 Å². The Labute approximate surface area is 117 Å². The Morgan fingerprint density at radius 1 is 1.21 bits per heavy atom. The van der Waals surface area contributed by atoms with Gasteiger partial charge in [-0.15, -0.1) is 0 Å². The van der Waals surface area contributed by atoms with Crippen molar-refractivity contribution in [2.24, 2.45) is 0 Å². The van der Waals surface area contributed by atoms with E-state index in [9.17, 15) is 4.39 Å². The molecule has 0 unspecified atom stereocenters. The van der Waals surface area contributed by atoms with Crippen molar-refractivity contribution in [1.82, 2.24) is 0 Å². The minimum absolute atomic E-state index is 0.104. The van der Waals surface area contributed by atoms with Gasteiger partial charge in [0.15, 0.2) is 0 Å². The van der Waals surface area contributed by atoms with E-state index in [4.69, 9.17) is 22.1 Å². The Balaban J connectivity index is 2.19. The van der Waals surface area contributed by atoms with E-state index < -0.39 is 5.82 Å². The van der Waals surface area contributed by atoms with Gasteiger partial charge in [0.2, 0.25) is 0 Å². The number of halogens is 2. The summed E-state index contributed by atoms with van der Waals surface area (Å²) in [5.41, 5.74) is 9.06. The van der Waals surface area contributed by atoms with Crippen molar-refractivity contribution < 1.29 is 9.13 Å². The number of hydrogen-bond donors (Lipinski definition) is 1. The molecule has 0 aliphatic carbocycles. The Kier molecular flexibility index (Phi) is 3.96. The molecular formula is C15H15ClFNO. The third-order valence-corrected chi connectivity index (χ3v) is 3.40. The molecule has 0 saturated heterocycles. The minimum Gasteiger partial charge on any atom is -0.489 e. The summed E-state index contributed by atoms with van der Waals surface area (Å²) in [5.74, 6) is 0.292. The fourth-order valence-electron chi connectivity index (χ4n) is 1.78. The summed E-state index contributed by atoms with van der Waals surface area (Å²) in [6.45, 7) is 4.05. The highest BCUT2D eigenvalue weighted by molar-refractivity contribution is 6.31. The van der Waals surface area contributed by atoms with Gasteiger partial charge in [0.05, 0.1) is 5.02 Å². The molecule has 0 fully saturated rings. The lowest BCUT2D eigenvalue weighted by Gasteiger charge is -2.12. The van der Waals surface area contributed by atoms with Crippen LogP contribution in [-0.2, 0) is 6.61 Å². The van der Waals surface area contributed by atoms with E-state index in [2.05, 4.69) is 0 Å². The van der Waals surface area contributed by atoms with Crippen molar-refractivity contribution in [2.45, 2.75) is 20.5 Å². The molecule has 2 rings (SSSR count). The zero-order chi connectivity index (χ0) is 14.0. The smallest absolute Gasteiger partial charge is 0.142 e. The fourth-order valence-corrected chi connectivity index (χ4v) is 1.96. The standard InChI is InChI=1S/C15H15ClFNO/c1-9-7-14(10(2)6-13(9)18)19-8-11-4-3-5-12(17)15(11)16/h3-7H,8,18H2,1-2H3. The largest absolute Gasteiger partial charge is 0.489 e. The summed E-state index contributed by atoms with van der Waals surface area (Å²) in [6, 6.07) is 8.41. The molecule has 0 heterocycles. The summed E-state index contributed by atoms with van der Waals surface area (Å²) < 4.78 is 19.0. The number of anilines is 1. The van der Waals surface area contributed by atoms with Gasteiger partial charge in [-0.3, -0.25) is 0 Å². The van der Waals surface area contributed by atoms with Gasteiger partial charge in [-0.1, -0.05) is 23.7 Å². The first-order chi connectivity index (χ1) is 8.99. The second-order valence-corrected chi connectivity index (χ2v) is 4.85. The maximum atomic E-state index is 13.3. The van der Waals surface area contributed by atoms with E-state index in [1.165, 1.54) is 6.07 Å². The van der Waals surface area contributed by atoms with E-state index in [-0.39, 0.29) is 11.6 Å². The predicted molar refractivity (Wildman–Crippen MR) is 76.1 cm³/mol. The third-order valence-electron chi connectivity index (χ3n) is 2.98. The first-order valence-electron chi connectivity index (χ1n) is 5.91. The lowest BCUT2D eigenvalue weighted by molar-refractivity contribution is 0.303. The highest BCUT2D eigenvalue weighted by atomic mass is 35.5.